The highest BCUT2D eigenvalue weighted by Gasteiger charge is 2.43. The van der Waals surface area contributed by atoms with Gasteiger partial charge in [-0.3, -0.25) is 14.4 Å². The van der Waals surface area contributed by atoms with Crippen molar-refractivity contribution in [3.05, 3.63) is 65.9 Å². The van der Waals surface area contributed by atoms with Gasteiger partial charge in [-0.2, -0.15) is 5.26 Å². The largest absolute Gasteiger partial charge is 0.379 e. The molecule has 11 heteroatoms. The summed E-state index contributed by atoms with van der Waals surface area (Å²) in [6, 6.07) is 12.0. The van der Waals surface area contributed by atoms with Crippen LogP contribution in [0.25, 0.3) is 10.9 Å². The van der Waals surface area contributed by atoms with Crippen molar-refractivity contribution >= 4 is 34.3 Å². The number of anilines is 1. The van der Waals surface area contributed by atoms with Crippen molar-refractivity contribution in [1.82, 2.24) is 14.8 Å². The minimum Gasteiger partial charge on any atom is -0.379 e. The molecule has 4 rings (SSSR count). The van der Waals surface area contributed by atoms with Gasteiger partial charge in [0, 0.05) is 37.3 Å². The number of halogens is 2. The summed E-state index contributed by atoms with van der Waals surface area (Å²) in [4.78, 5) is 45.1. The number of ether oxygens (including phenoxy) is 1. The number of para-hydroxylation sites is 1. The fourth-order valence-electron chi connectivity index (χ4n) is 4.64. The van der Waals surface area contributed by atoms with E-state index in [-0.39, 0.29) is 42.1 Å². The Hall–Kier alpha value is -4.30. The fraction of sp³-hybridized carbons (Fsp3) is 0.357. The first-order valence-corrected chi connectivity index (χ1v) is 12.6. The molecule has 204 valence electrons. The summed E-state index contributed by atoms with van der Waals surface area (Å²) in [5, 5.41) is 12.6. The molecule has 9 nitrogen and oxygen atoms in total. The van der Waals surface area contributed by atoms with Gasteiger partial charge in [0.25, 0.3) is 5.91 Å². The molecule has 1 saturated heterocycles. The van der Waals surface area contributed by atoms with Gasteiger partial charge in [0.05, 0.1) is 24.1 Å². The molecule has 0 bridgehead atoms. The van der Waals surface area contributed by atoms with E-state index in [1.165, 1.54) is 18.0 Å². The van der Waals surface area contributed by atoms with Crippen LogP contribution in [0.4, 0.5) is 14.5 Å². The van der Waals surface area contributed by atoms with E-state index in [0.717, 1.165) is 17.0 Å². The first-order chi connectivity index (χ1) is 18.7. The third kappa shape index (κ3) is 6.07. The van der Waals surface area contributed by atoms with Crippen LogP contribution in [0.1, 0.15) is 30.3 Å². The number of aromatic nitrogens is 1. The minimum atomic E-state index is -1.12. The number of nitrogens with one attached hydrogen (secondary N) is 2. The topological polar surface area (TPSA) is 119 Å². The molecule has 2 N–H and O–H groups in total. The number of carbonyl (C=O) groups is 3. The molecule has 2 aromatic carbocycles. The number of carbonyl (C=O) groups excluding carboxylic acids is 3. The molecule has 1 aliphatic heterocycles. The molecule has 0 spiro atoms. The number of H-pyrrole nitrogens is 1. The Morgan fingerprint density at radius 3 is 2.67 bits per heavy atom. The number of fused-ring (bicyclic) bond motifs is 1. The molecule has 1 aromatic heterocycles. The minimum absolute atomic E-state index is 0.00108. The van der Waals surface area contributed by atoms with Crippen LogP contribution in [0.2, 0.25) is 0 Å². The zero-order valence-corrected chi connectivity index (χ0v) is 21.6. The van der Waals surface area contributed by atoms with E-state index >= 15 is 0 Å². The number of rotatable bonds is 9. The van der Waals surface area contributed by atoms with Crippen molar-refractivity contribution in [2.24, 2.45) is 5.92 Å². The van der Waals surface area contributed by atoms with Gasteiger partial charge in [0.2, 0.25) is 11.8 Å². The monoisotopic (exact) mass is 537 g/mol. The predicted octanol–water partition coefficient (Wildman–Crippen LogP) is 3.69. The van der Waals surface area contributed by atoms with Gasteiger partial charge >= 0.3 is 0 Å². The zero-order chi connectivity index (χ0) is 28.1. The van der Waals surface area contributed by atoms with Crippen molar-refractivity contribution in [1.29, 1.82) is 5.26 Å². The molecule has 0 radical (unpaired) electrons. The van der Waals surface area contributed by atoms with Crippen LogP contribution < -0.4 is 5.32 Å². The van der Waals surface area contributed by atoms with E-state index < -0.39 is 41.5 Å². The van der Waals surface area contributed by atoms with Crippen LogP contribution in [0.15, 0.2) is 48.5 Å². The maximum Gasteiger partial charge on any atom is 0.270 e. The van der Waals surface area contributed by atoms with Gasteiger partial charge in [0.1, 0.15) is 29.4 Å². The average molecular weight is 538 g/mol. The number of amides is 3. The molecule has 0 saturated carbocycles. The van der Waals surface area contributed by atoms with E-state index in [1.807, 2.05) is 13.0 Å². The standard InChI is InChI=1S/C28H29F2N5O4/c1-3-9-39-16-25(34(2)27(37)24-13-21-22(30)11-18(29)12-23(21)33-24)28(38)35-15-17(10-20(35)14-31)26(36)32-19-7-5-4-6-8-19/h4-8,11-13,17,20,25,33H,3,9-10,15-16H2,1-2H3,(H,32,36). The molecular weight excluding hydrogens is 508 g/mol. The first kappa shape index (κ1) is 27.7. The third-order valence-electron chi connectivity index (χ3n) is 6.73. The summed E-state index contributed by atoms with van der Waals surface area (Å²) in [5.41, 5.74) is 0.668. The average Bonchev–Trinajstić information content (AvgIpc) is 3.56. The maximum atomic E-state index is 14.2. The molecule has 39 heavy (non-hydrogen) atoms. The van der Waals surface area contributed by atoms with Crippen molar-refractivity contribution in [3.63, 3.8) is 0 Å². The van der Waals surface area contributed by atoms with Crippen molar-refractivity contribution in [2.75, 3.05) is 32.1 Å². The summed E-state index contributed by atoms with van der Waals surface area (Å²) in [6.45, 7) is 2.09. The third-order valence-corrected chi connectivity index (χ3v) is 6.73. The number of likely N-dealkylation sites (tertiary alicyclic amines) is 1. The Bertz CT molecular complexity index is 1400. The second kappa shape index (κ2) is 12.0. The predicted molar refractivity (Wildman–Crippen MR) is 139 cm³/mol. The molecule has 3 unspecified atom stereocenters. The summed E-state index contributed by atoms with van der Waals surface area (Å²) in [7, 11) is 1.40. The molecule has 1 aliphatic rings. The van der Waals surface area contributed by atoms with E-state index in [9.17, 15) is 28.4 Å². The highest BCUT2D eigenvalue weighted by Crippen LogP contribution is 2.27. The number of nitriles is 1. The van der Waals surface area contributed by atoms with Crippen molar-refractivity contribution < 1.29 is 27.9 Å². The lowest BCUT2D eigenvalue weighted by atomic mass is 10.1. The van der Waals surface area contributed by atoms with Crippen LogP contribution >= 0.6 is 0 Å². The molecule has 2 heterocycles. The molecule has 1 fully saturated rings. The smallest absolute Gasteiger partial charge is 0.270 e. The Labute approximate surface area is 224 Å². The summed E-state index contributed by atoms with van der Waals surface area (Å²) in [5.74, 6) is -3.74. The lowest BCUT2D eigenvalue weighted by molar-refractivity contribution is -0.138. The number of hydrogen-bond donors (Lipinski definition) is 2. The van der Waals surface area contributed by atoms with Crippen LogP contribution in [-0.2, 0) is 14.3 Å². The van der Waals surface area contributed by atoms with Crippen LogP contribution in [0, 0.1) is 28.9 Å². The zero-order valence-electron chi connectivity index (χ0n) is 21.6. The Balaban J connectivity index is 1.54. The van der Waals surface area contributed by atoms with Crippen molar-refractivity contribution in [3.8, 4) is 6.07 Å². The Kier molecular flexibility index (Phi) is 8.56. The number of benzene rings is 2. The SMILES string of the molecule is CCCOCC(C(=O)N1CC(C(=O)Nc2ccccc2)CC1C#N)N(C)C(=O)c1cc2c(F)cc(F)cc2[nH]1. The number of likely N-dealkylation sites (N-methyl/N-ethyl adjacent to an activating group) is 1. The van der Waals surface area contributed by atoms with Crippen LogP contribution in [0.5, 0.6) is 0 Å². The highest BCUT2D eigenvalue weighted by molar-refractivity contribution is 6.00. The Morgan fingerprint density at radius 2 is 1.97 bits per heavy atom. The van der Waals surface area contributed by atoms with E-state index in [4.69, 9.17) is 4.74 Å². The van der Waals surface area contributed by atoms with Gasteiger partial charge in [-0.25, -0.2) is 8.78 Å². The summed E-state index contributed by atoms with van der Waals surface area (Å²) in [6.07, 6.45) is 0.825. The number of aromatic amines is 1. The molecule has 3 amide bonds. The molecular formula is C28H29F2N5O4. The van der Waals surface area contributed by atoms with Gasteiger partial charge in [-0.1, -0.05) is 25.1 Å². The van der Waals surface area contributed by atoms with Crippen LogP contribution in [0.3, 0.4) is 0 Å². The quantitative estimate of drug-likeness (QED) is 0.404. The second-order valence-corrected chi connectivity index (χ2v) is 9.46. The molecule has 3 atom stereocenters. The van der Waals surface area contributed by atoms with Gasteiger partial charge in [-0.15, -0.1) is 0 Å². The lowest BCUT2D eigenvalue weighted by Crippen LogP contribution is -2.53. The fourth-order valence-corrected chi connectivity index (χ4v) is 4.64. The van der Waals surface area contributed by atoms with Gasteiger partial charge < -0.3 is 24.8 Å². The van der Waals surface area contributed by atoms with E-state index in [2.05, 4.69) is 16.4 Å². The number of nitrogens with zero attached hydrogens (tertiary/aromatic N) is 3. The van der Waals surface area contributed by atoms with E-state index in [1.54, 1.807) is 24.3 Å². The summed E-state index contributed by atoms with van der Waals surface area (Å²) >= 11 is 0. The normalized spacial score (nSPS) is 17.6. The second-order valence-electron chi connectivity index (χ2n) is 9.46. The van der Waals surface area contributed by atoms with Crippen LogP contribution in [-0.4, -0.2) is 71.4 Å². The lowest BCUT2D eigenvalue weighted by Gasteiger charge is -2.31. The number of hydrogen-bond acceptors (Lipinski definition) is 5. The van der Waals surface area contributed by atoms with Gasteiger partial charge in [0.15, 0.2) is 0 Å². The summed E-state index contributed by atoms with van der Waals surface area (Å²) < 4.78 is 33.5. The van der Waals surface area contributed by atoms with Gasteiger partial charge in [-0.05, 0) is 37.1 Å². The highest BCUT2D eigenvalue weighted by atomic mass is 19.1. The molecule has 0 aliphatic carbocycles. The Morgan fingerprint density at radius 1 is 1.23 bits per heavy atom. The van der Waals surface area contributed by atoms with E-state index in [0.29, 0.717) is 18.7 Å². The van der Waals surface area contributed by atoms with Crippen molar-refractivity contribution in [2.45, 2.75) is 31.8 Å². The molecule has 3 aromatic rings. The first-order valence-electron chi connectivity index (χ1n) is 12.6. The maximum absolute atomic E-state index is 14.2.